The van der Waals surface area contributed by atoms with Crippen molar-refractivity contribution >= 4 is 17.4 Å². The van der Waals surface area contributed by atoms with Crippen LogP contribution in [-0.2, 0) is 22.6 Å². The van der Waals surface area contributed by atoms with Crippen molar-refractivity contribution in [1.82, 2.24) is 15.3 Å². The SMILES string of the molecule is COc1c(C)cc(F)cc1CNC(=O)C1=NCc2ncnc(N[C@@H]3COCC[C@H]3O)c21. The molecule has 1 fully saturated rings. The Labute approximate surface area is 178 Å². The van der Waals surface area contributed by atoms with Crippen LogP contribution < -0.4 is 15.4 Å². The zero-order valence-corrected chi connectivity index (χ0v) is 17.3. The van der Waals surface area contributed by atoms with E-state index in [0.29, 0.717) is 53.6 Å². The number of hydrogen-bond donors (Lipinski definition) is 3. The first-order valence-corrected chi connectivity index (χ1v) is 10.00. The molecule has 3 heterocycles. The fraction of sp³-hybridized carbons (Fsp3) is 0.429. The lowest BCUT2D eigenvalue weighted by atomic mass is 10.1. The summed E-state index contributed by atoms with van der Waals surface area (Å²) in [6, 6.07) is 2.36. The molecular formula is C21H24FN5O4. The molecule has 31 heavy (non-hydrogen) atoms. The number of carbonyl (C=O) groups is 1. The van der Waals surface area contributed by atoms with Gasteiger partial charge in [-0.05, 0) is 31.0 Å². The van der Waals surface area contributed by atoms with Crippen molar-refractivity contribution in [2.45, 2.75) is 38.6 Å². The van der Waals surface area contributed by atoms with Crippen LogP contribution in [0.15, 0.2) is 23.5 Å². The Balaban J connectivity index is 1.52. The zero-order chi connectivity index (χ0) is 22.0. The number of aliphatic imine (C=N–C) groups is 1. The van der Waals surface area contributed by atoms with Gasteiger partial charge in [0.1, 0.15) is 29.4 Å². The maximum atomic E-state index is 13.8. The molecule has 1 aromatic heterocycles. The molecule has 0 bridgehead atoms. The lowest BCUT2D eigenvalue weighted by Gasteiger charge is -2.29. The Bertz CT molecular complexity index is 1030. The number of aryl methyl sites for hydroxylation is 1. The first kappa shape index (κ1) is 21.1. The molecule has 3 N–H and O–H groups in total. The summed E-state index contributed by atoms with van der Waals surface area (Å²) in [7, 11) is 1.50. The number of fused-ring (bicyclic) bond motifs is 1. The third-order valence-corrected chi connectivity index (χ3v) is 5.37. The summed E-state index contributed by atoms with van der Waals surface area (Å²) in [5.41, 5.74) is 2.48. The number of rotatable bonds is 6. The molecule has 1 saturated heterocycles. The quantitative estimate of drug-likeness (QED) is 0.630. The average Bonchev–Trinajstić information content (AvgIpc) is 3.18. The van der Waals surface area contributed by atoms with Crippen molar-refractivity contribution in [1.29, 1.82) is 0 Å². The Morgan fingerprint density at radius 3 is 3.00 bits per heavy atom. The first-order chi connectivity index (χ1) is 15.0. The topological polar surface area (TPSA) is 118 Å². The summed E-state index contributed by atoms with van der Waals surface area (Å²) in [4.78, 5) is 25.7. The molecule has 4 rings (SSSR count). The van der Waals surface area contributed by atoms with E-state index in [0.717, 1.165) is 0 Å². The summed E-state index contributed by atoms with van der Waals surface area (Å²) >= 11 is 0. The number of aliphatic hydroxyl groups is 1. The van der Waals surface area contributed by atoms with Crippen molar-refractivity contribution < 1.29 is 23.8 Å². The number of aliphatic hydroxyl groups excluding tert-OH is 1. The van der Waals surface area contributed by atoms with Crippen LogP contribution in [0.1, 0.15) is 28.8 Å². The Morgan fingerprint density at radius 2 is 2.23 bits per heavy atom. The van der Waals surface area contributed by atoms with Gasteiger partial charge in [0.2, 0.25) is 0 Å². The normalized spacial score (nSPS) is 20.1. The molecule has 0 radical (unpaired) electrons. The van der Waals surface area contributed by atoms with E-state index in [-0.39, 0.29) is 24.8 Å². The number of anilines is 1. The molecule has 0 saturated carbocycles. The number of nitrogens with one attached hydrogen (secondary N) is 2. The van der Waals surface area contributed by atoms with E-state index in [1.807, 2.05) is 0 Å². The number of hydrogen-bond acceptors (Lipinski definition) is 8. The molecule has 2 aliphatic heterocycles. The Kier molecular flexibility index (Phi) is 6.10. The van der Waals surface area contributed by atoms with E-state index >= 15 is 0 Å². The largest absolute Gasteiger partial charge is 0.496 e. The van der Waals surface area contributed by atoms with Crippen molar-refractivity contribution in [3.63, 3.8) is 0 Å². The molecule has 0 unspecified atom stereocenters. The van der Waals surface area contributed by atoms with Crippen molar-refractivity contribution in [3.05, 3.63) is 46.7 Å². The van der Waals surface area contributed by atoms with E-state index in [1.54, 1.807) is 6.92 Å². The highest BCUT2D eigenvalue weighted by Gasteiger charge is 2.30. The number of methoxy groups -OCH3 is 1. The van der Waals surface area contributed by atoms with Gasteiger partial charge in [-0.1, -0.05) is 0 Å². The number of halogens is 1. The molecule has 2 atom stereocenters. The average molecular weight is 429 g/mol. The maximum Gasteiger partial charge on any atom is 0.270 e. The lowest BCUT2D eigenvalue weighted by Crippen LogP contribution is -2.43. The van der Waals surface area contributed by atoms with Crippen LogP contribution in [0.4, 0.5) is 10.2 Å². The second-order valence-corrected chi connectivity index (χ2v) is 7.49. The van der Waals surface area contributed by atoms with Gasteiger partial charge in [-0.15, -0.1) is 0 Å². The predicted octanol–water partition coefficient (Wildman–Crippen LogP) is 1.11. The van der Waals surface area contributed by atoms with Crippen molar-refractivity contribution in [2.24, 2.45) is 4.99 Å². The smallest absolute Gasteiger partial charge is 0.270 e. The van der Waals surface area contributed by atoms with E-state index in [4.69, 9.17) is 9.47 Å². The molecule has 1 aromatic carbocycles. The highest BCUT2D eigenvalue weighted by Crippen LogP contribution is 2.27. The van der Waals surface area contributed by atoms with Crippen LogP contribution in [0.2, 0.25) is 0 Å². The minimum atomic E-state index is -0.585. The fourth-order valence-electron chi connectivity index (χ4n) is 3.84. The van der Waals surface area contributed by atoms with Crippen molar-refractivity contribution in [3.8, 4) is 5.75 Å². The van der Waals surface area contributed by atoms with Crippen LogP contribution in [-0.4, -0.2) is 59.2 Å². The number of ether oxygens (including phenoxy) is 2. The van der Waals surface area contributed by atoms with Gasteiger partial charge in [0.15, 0.2) is 0 Å². The van der Waals surface area contributed by atoms with Gasteiger partial charge in [0.25, 0.3) is 5.91 Å². The van der Waals surface area contributed by atoms with Gasteiger partial charge in [0.05, 0.1) is 43.7 Å². The molecule has 0 spiro atoms. The van der Waals surface area contributed by atoms with Crippen LogP contribution in [0.25, 0.3) is 0 Å². The van der Waals surface area contributed by atoms with Crippen LogP contribution >= 0.6 is 0 Å². The van der Waals surface area contributed by atoms with Gasteiger partial charge >= 0.3 is 0 Å². The Morgan fingerprint density at radius 1 is 1.39 bits per heavy atom. The molecule has 164 valence electrons. The number of carbonyl (C=O) groups excluding carboxylic acids is 1. The lowest BCUT2D eigenvalue weighted by molar-refractivity contribution is -0.114. The second-order valence-electron chi connectivity index (χ2n) is 7.49. The van der Waals surface area contributed by atoms with Gasteiger partial charge < -0.3 is 25.2 Å². The molecule has 1 amide bonds. The van der Waals surface area contributed by atoms with Gasteiger partial charge in [-0.2, -0.15) is 0 Å². The minimum absolute atomic E-state index is 0.0700. The summed E-state index contributed by atoms with van der Waals surface area (Å²) < 4.78 is 24.6. The third kappa shape index (κ3) is 4.35. The van der Waals surface area contributed by atoms with E-state index < -0.39 is 17.8 Å². The van der Waals surface area contributed by atoms with Crippen molar-refractivity contribution in [2.75, 3.05) is 25.6 Å². The van der Waals surface area contributed by atoms with Crippen LogP contribution in [0, 0.1) is 12.7 Å². The molecule has 10 heteroatoms. The molecule has 9 nitrogen and oxygen atoms in total. The van der Waals surface area contributed by atoms with Crippen LogP contribution in [0.5, 0.6) is 5.75 Å². The molecule has 0 aliphatic carbocycles. The Hall–Kier alpha value is -3.11. The predicted molar refractivity (Wildman–Crippen MR) is 111 cm³/mol. The van der Waals surface area contributed by atoms with E-state index in [9.17, 15) is 14.3 Å². The standard InChI is InChI=1S/C21H24FN5O4/c1-11-5-13(22)6-12(19(11)30-2)7-24-21(29)18-17-14(8-23-18)25-10-26-20(17)27-15-9-31-4-3-16(15)28/h5-6,10,15-16,28H,3-4,7-9H2,1-2H3,(H,24,29)(H,25,26,27)/t15-,16-/m1/s1. The maximum absolute atomic E-state index is 13.8. The number of aromatic nitrogens is 2. The van der Waals surface area contributed by atoms with E-state index in [2.05, 4.69) is 25.6 Å². The highest BCUT2D eigenvalue weighted by molar-refractivity contribution is 6.47. The van der Waals surface area contributed by atoms with Gasteiger partial charge in [0, 0.05) is 18.7 Å². The van der Waals surface area contributed by atoms with Gasteiger partial charge in [-0.25, -0.2) is 14.4 Å². The third-order valence-electron chi connectivity index (χ3n) is 5.37. The number of amides is 1. The second kappa shape index (κ2) is 8.94. The fourth-order valence-corrected chi connectivity index (χ4v) is 3.84. The summed E-state index contributed by atoms with van der Waals surface area (Å²) in [5, 5.41) is 16.2. The minimum Gasteiger partial charge on any atom is -0.496 e. The summed E-state index contributed by atoms with van der Waals surface area (Å²) in [6.07, 6.45) is 1.33. The number of nitrogens with zero attached hydrogens (tertiary/aromatic N) is 3. The first-order valence-electron chi connectivity index (χ1n) is 10.00. The van der Waals surface area contributed by atoms with Gasteiger partial charge in [-0.3, -0.25) is 9.79 Å². The highest BCUT2D eigenvalue weighted by atomic mass is 19.1. The monoisotopic (exact) mass is 429 g/mol. The van der Waals surface area contributed by atoms with Crippen LogP contribution in [0.3, 0.4) is 0 Å². The van der Waals surface area contributed by atoms with E-state index in [1.165, 1.54) is 25.6 Å². The summed E-state index contributed by atoms with van der Waals surface area (Å²) in [5.74, 6) is 0.109. The molecule has 2 aromatic rings. The zero-order valence-electron chi connectivity index (χ0n) is 17.3. The molecular weight excluding hydrogens is 405 g/mol. The molecule has 2 aliphatic rings. The number of benzene rings is 1. The summed E-state index contributed by atoms with van der Waals surface area (Å²) in [6.45, 7) is 2.89.